The molecule has 8 amide bonds. The number of hydrogen-bond donors (Lipinski definition) is 12. The zero-order valence-electron chi connectivity index (χ0n) is 47.9. The van der Waals surface area contributed by atoms with Gasteiger partial charge in [-0.1, -0.05) is 73.7 Å². The largest absolute Gasteiger partial charge is 0.490 e. The van der Waals surface area contributed by atoms with E-state index in [1.165, 1.54) is 39.8 Å². The van der Waals surface area contributed by atoms with Gasteiger partial charge in [0.25, 0.3) is 0 Å². The summed E-state index contributed by atoms with van der Waals surface area (Å²) in [6.07, 6.45) is -13.5. The number of alkyl carbamates (subject to hydrolysis) is 2. The lowest BCUT2D eigenvalue weighted by Gasteiger charge is -2.33. The Morgan fingerprint density at radius 2 is 1.35 bits per heavy atom. The number of nitrogens with one attached hydrogen (secondary N) is 6. The van der Waals surface area contributed by atoms with Crippen LogP contribution in [-0.2, 0) is 57.9 Å². The summed E-state index contributed by atoms with van der Waals surface area (Å²) >= 11 is 0. The Hall–Kier alpha value is -8.13. The third-order valence-corrected chi connectivity index (χ3v) is 14.2. The van der Waals surface area contributed by atoms with Gasteiger partial charge in [0.05, 0.1) is 37.1 Å². The number of benzene rings is 3. The summed E-state index contributed by atoms with van der Waals surface area (Å²) in [5, 5.41) is 82.8. The normalized spacial score (nSPS) is 25.6. The van der Waals surface area contributed by atoms with Crippen LogP contribution in [0.1, 0.15) is 70.6 Å². The quantitative estimate of drug-likeness (QED) is 0.0565. The van der Waals surface area contributed by atoms with Crippen molar-refractivity contribution in [3.05, 3.63) is 107 Å². The SMILES string of the molecule is [C-]#[N+]C[C@@H](O)[C@@H]1NC(=O)[C@H]([C@H](O)Cc2ccc(OCc3ccccc3)c(OCCCNC(=O)OCc3ccccc3)c2)NC(=O)[C@@H]2C[C@@H](O)CN2C(=O)[C@H]([C@@H](C)O)NC(=O)[C@@H](NC(=O)OC(C)(C)C)C[C@@H](O)CNC(=O)[C@@H]2[C@@H](O)[C@@H](C)CN2C1=O. The van der Waals surface area contributed by atoms with E-state index in [2.05, 4.69) is 36.7 Å². The number of carbonyl (C=O) groups excluding carboxylic acids is 8. The van der Waals surface area contributed by atoms with E-state index in [1.807, 2.05) is 60.7 Å². The maximum absolute atomic E-state index is 14.8. The summed E-state index contributed by atoms with van der Waals surface area (Å²) in [5.41, 5.74) is 0.808. The predicted octanol–water partition coefficient (Wildman–Crippen LogP) is -1.08. The molecule has 0 aliphatic carbocycles. The molecule has 0 bridgehead atoms. The second-order valence-electron chi connectivity index (χ2n) is 22.3. The highest BCUT2D eigenvalue weighted by Crippen LogP contribution is 2.31. The van der Waals surface area contributed by atoms with Gasteiger partial charge < -0.3 is 96.1 Å². The van der Waals surface area contributed by atoms with Crippen LogP contribution in [0.5, 0.6) is 11.5 Å². The van der Waals surface area contributed by atoms with E-state index in [1.54, 1.807) is 6.07 Å². The Bertz CT molecular complexity index is 2840. The topological polar surface area (TPSA) is 378 Å². The fraction of sp³-hybridized carbons (Fsp3) is 0.534. The summed E-state index contributed by atoms with van der Waals surface area (Å²) in [7, 11) is 0. The molecule has 3 aromatic rings. The average molecular weight is 1190 g/mol. The number of carbonyl (C=O) groups is 8. The molecule has 3 aromatic carbocycles. The van der Waals surface area contributed by atoms with Crippen molar-refractivity contribution in [3.63, 3.8) is 0 Å². The Morgan fingerprint density at radius 3 is 2.00 bits per heavy atom. The Morgan fingerprint density at radius 1 is 0.718 bits per heavy atom. The molecular weight excluding hydrogens is 1110 g/mol. The first-order valence-corrected chi connectivity index (χ1v) is 27.9. The van der Waals surface area contributed by atoms with Gasteiger partial charge in [-0.3, -0.25) is 28.8 Å². The van der Waals surface area contributed by atoms with E-state index in [9.17, 15) is 69.0 Å². The third-order valence-electron chi connectivity index (χ3n) is 14.2. The number of nitrogens with zero attached hydrogens (tertiary/aromatic N) is 3. The van der Waals surface area contributed by atoms with Crippen molar-refractivity contribution in [2.75, 3.05) is 39.3 Å². The molecule has 462 valence electrons. The van der Waals surface area contributed by atoms with Crippen LogP contribution in [0.25, 0.3) is 4.85 Å². The second kappa shape index (κ2) is 30.6. The van der Waals surface area contributed by atoms with Crippen LogP contribution in [0.15, 0.2) is 78.9 Å². The van der Waals surface area contributed by atoms with E-state index >= 15 is 0 Å². The molecule has 85 heavy (non-hydrogen) atoms. The van der Waals surface area contributed by atoms with E-state index in [-0.39, 0.29) is 56.4 Å². The molecule has 0 saturated carbocycles. The average Bonchev–Trinajstić information content (AvgIpc) is 4.25. The van der Waals surface area contributed by atoms with Gasteiger partial charge in [0.15, 0.2) is 17.6 Å². The molecule has 0 unspecified atom stereocenters. The summed E-state index contributed by atoms with van der Waals surface area (Å²) in [6, 6.07) is 11.6. The highest BCUT2D eigenvalue weighted by atomic mass is 16.6. The first kappa shape index (κ1) is 66.0. The van der Waals surface area contributed by atoms with Crippen molar-refractivity contribution in [1.29, 1.82) is 0 Å². The van der Waals surface area contributed by atoms with Gasteiger partial charge in [-0.05, 0) is 62.9 Å². The zero-order chi connectivity index (χ0) is 62.1. The lowest BCUT2D eigenvalue weighted by atomic mass is 9.99. The van der Waals surface area contributed by atoms with Gasteiger partial charge in [0, 0.05) is 51.4 Å². The van der Waals surface area contributed by atoms with E-state index in [4.69, 9.17) is 25.5 Å². The minimum absolute atomic E-state index is 0.0268. The van der Waals surface area contributed by atoms with Gasteiger partial charge in [-0.25, -0.2) is 16.2 Å². The molecule has 27 heteroatoms. The van der Waals surface area contributed by atoms with Crippen LogP contribution in [0, 0.1) is 12.5 Å². The minimum Gasteiger partial charge on any atom is -0.490 e. The smallest absolute Gasteiger partial charge is 0.408 e. The van der Waals surface area contributed by atoms with Crippen molar-refractivity contribution < 1.29 is 87.9 Å². The van der Waals surface area contributed by atoms with Gasteiger partial charge in [0.1, 0.15) is 55.1 Å². The predicted molar refractivity (Wildman–Crippen MR) is 300 cm³/mol. The van der Waals surface area contributed by atoms with Crippen molar-refractivity contribution in [2.45, 2.75) is 152 Å². The number of fused-ring (bicyclic) bond motifs is 2. The van der Waals surface area contributed by atoms with Crippen molar-refractivity contribution in [1.82, 2.24) is 41.7 Å². The number of β-amino-alcohol motifs (C(OH)–C–C–N with tert-alkyl or cyclic N) is 1. The van der Waals surface area contributed by atoms with Crippen LogP contribution < -0.4 is 41.4 Å². The molecule has 13 atom stereocenters. The highest BCUT2D eigenvalue weighted by Gasteiger charge is 2.50. The van der Waals surface area contributed by atoms with Gasteiger partial charge in [0.2, 0.25) is 42.0 Å². The molecule has 0 radical (unpaired) electrons. The highest BCUT2D eigenvalue weighted by molar-refractivity contribution is 5.98. The Balaban J connectivity index is 1.34. The standard InChI is InChI=1S/C58H77N9O18/c1-32-28-67-48(49(32)73)53(77)61-26-37(69)24-39(62-57(81)85-58(3,4)5)50(74)63-45(33(2)68)54(78)66-29-38(70)25-40(66)51(75)64-46(52(76)65-47(55(67)79)42(72)27-59-6)41(71)22-36-18-19-43(83-30-34-14-9-7-10-15-34)44(23-36)82-21-13-20-60-56(80)84-31-35-16-11-8-12-17-35/h7-12,14-19,23,32-33,37-42,45-49,68-73H,13,20-22,24-31H2,1-5H3,(H,60,80)(H,61,77)(H,62,81)(H,63,74)(H,64,75)(H,65,76)/t32-,33+,37+,38+,39-,40-,41+,42+,45-,46-,47-,48-,49-/m0/s1. The van der Waals surface area contributed by atoms with E-state index in [0.29, 0.717) is 0 Å². The molecule has 6 rings (SSSR count). The van der Waals surface area contributed by atoms with E-state index < -0.39 is 171 Å². The molecule has 3 aliphatic rings. The second-order valence-corrected chi connectivity index (χ2v) is 22.3. The number of aliphatic hydroxyl groups excluding tert-OH is 6. The Kier molecular flexibility index (Phi) is 23.8. The molecule has 0 spiro atoms. The molecular formula is C58H77N9O18. The van der Waals surface area contributed by atoms with Crippen molar-refractivity contribution >= 4 is 47.6 Å². The van der Waals surface area contributed by atoms with Crippen molar-refractivity contribution in [2.24, 2.45) is 5.92 Å². The van der Waals surface area contributed by atoms with Crippen LogP contribution in [0.2, 0.25) is 0 Å². The molecule has 3 heterocycles. The molecule has 3 aliphatic heterocycles. The summed E-state index contributed by atoms with van der Waals surface area (Å²) < 4.78 is 22.9. The first-order valence-electron chi connectivity index (χ1n) is 27.9. The zero-order valence-corrected chi connectivity index (χ0v) is 47.9. The van der Waals surface area contributed by atoms with Crippen LogP contribution >= 0.6 is 0 Å². The molecule has 0 aromatic heterocycles. The van der Waals surface area contributed by atoms with Gasteiger partial charge in [-0.2, -0.15) is 0 Å². The Labute approximate surface area is 491 Å². The fourth-order valence-electron chi connectivity index (χ4n) is 9.79. The summed E-state index contributed by atoms with van der Waals surface area (Å²) in [5.74, 6) is -7.38. The maximum Gasteiger partial charge on any atom is 0.408 e. The maximum atomic E-state index is 14.8. The van der Waals surface area contributed by atoms with Crippen molar-refractivity contribution in [3.8, 4) is 11.5 Å². The van der Waals surface area contributed by atoms with Crippen LogP contribution in [0.4, 0.5) is 9.59 Å². The number of hydrogen-bond acceptors (Lipinski definition) is 18. The van der Waals surface area contributed by atoms with Gasteiger partial charge >= 0.3 is 12.2 Å². The molecule has 3 saturated heterocycles. The molecule has 27 nitrogen and oxygen atoms in total. The summed E-state index contributed by atoms with van der Waals surface area (Å²) in [6.45, 7) is 12.8. The molecule has 3 fully saturated rings. The first-order chi connectivity index (χ1) is 40.3. The monoisotopic (exact) mass is 1190 g/mol. The molecule has 12 N–H and O–H groups in total. The van der Waals surface area contributed by atoms with Gasteiger partial charge in [-0.15, -0.1) is 0 Å². The minimum atomic E-state index is -2.10. The third kappa shape index (κ3) is 18.9. The van der Waals surface area contributed by atoms with Crippen LogP contribution in [-0.4, -0.2) is 206 Å². The lowest BCUT2D eigenvalue weighted by molar-refractivity contribution is -0.147. The van der Waals surface area contributed by atoms with Crippen LogP contribution in [0.3, 0.4) is 0 Å². The summed E-state index contributed by atoms with van der Waals surface area (Å²) in [4.78, 5) is 117. The number of rotatable bonds is 17. The lowest BCUT2D eigenvalue weighted by Crippen LogP contribution is -2.64. The fourth-order valence-corrected chi connectivity index (χ4v) is 9.79. The number of ether oxygens (including phenoxy) is 4. The number of amides is 8. The number of aliphatic hydroxyl groups is 6. The van der Waals surface area contributed by atoms with E-state index in [0.717, 1.165) is 27.9 Å².